The van der Waals surface area contributed by atoms with Crippen LogP contribution in [-0.2, 0) is 6.18 Å². The Kier molecular flexibility index (Phi) is 3.19. The molecule has 1 unspecified atom stereocenters. The molecule has 2 fully saturated rings. The van der Waals surface area contributed by atoms with Crippen LogP contribution in [0.5, 0.6) is 0 Å². The molecule has 1 aromatic rings. The number of rotatable bonds is 3. The Morgan fingerprint density at radius 2 is 2.15 bits per heavy atom. The monoisotopic (exact) mass is 288 g/mol. The van der Waals surface area contributed by atoms with E-state index in [4.69, 9.17) is 0 Å². The number of imidazole rings is 1. The molecule has 5 nitrogen and oxygen atoms in total. The quantitative estimate of drug-likeness (QED) is 0.883. The van der Waals surface area contributed by atoms with Gasteiger partial charge < -0.3 is 10.3 Å². The van der Waals surface area contributed by atoms with E-state index < -0.39 is 23.5 Å². The summed E-state index contributed by atoms with van der Waals surface area (Å²) in [6.07, 6.45) is -0.577. The van der Waals surface area contributed by atoms with Gasteiger partial charge in [-0.15, -0.1) is 0 Å². The third kappa shape index (κ3) is 2.65. The van der Waals surface area contributed by atoms with E-state index in [-0.39, 0.29) is 6.04 Å². The Morgan fingerprint density at radius 1 is 1.40 bits per heavy atom. The molecule has 1 atom stereocenters. The largest absolute Gasteiger partial charge is 0.433 e. The second-order valence-corrected chi connectivity index (χ2v) is 5.31. The van der Waals surface area contributed by atoms with Gasteiger partial charge in [0.2, 0.25) is 0 Å². The Bertz CT molecular complexity index is 509. The summed E-state index contributed by atoms with van der Waals surface area (Å²) >= 11 is 0. The van der Waals surface area contributed by atoms with Gasteiger partial charge in [0.1, 0.15) is 0 Å². The number of halogens is 3. The number of alkyl halides is 3. The highest BCUT2D eigenvalue weighted by atomic mass is 19.4. The third-order valence-electron chi connectivity index (χ3n) is 3.76. The van der Waals surface area contributed by atoms with E-state index >= 15 is 0 Å². The number of amides is 1. The molecular formula is C12H15F3N4O. The van der Waals surface area contributed by atoms with Crippen molar-refractivity contribution >= 4 is 5.91 Å². The lowest BCUT2D eigenvalue weighted by Gasteiger charge is -2.15. The van der Waals surface area contributed by atoms with Crippen LogP contribution in [-0.4, -0.2) is 45.9 Å². The molecule has 0 bridgehead atoms. The third-order valence-corrected chi connectivity index (χ3v) is 3.76. The number of aromatic amines is 1. The van der Waals surface area contributed by atoms with Gasteiger partial charge in [0, 0.05) is 25.2 Å². The van der Waals surface area contributed by atoms with Crippen molar-refractivity contribution in [3.05, 3.63) is 17.7 Å². The number of hydrogen-bond acceptors (Lipinski definition) is 3. The number of likely N-dealkylation sites (tertiary alicyclic amines) is 1. The van der Waals surface area contributed by atoms with E-state index in [1.807, 2.05) is 4.98 Å². The highest BCUT2D eigenvalue weighted by molar-refractivity contribution is 5.93. The van der Waals surface area contributed by atoms with Crippen LogP contribution in [0.25, 0.3) is 0 Å². The number of carbonyl (C=O) groups is 1. The molecule has 1 saturated heterocycles. The van der Waals surface area contributed by atoms with Crippen LogP contribution in [0.4, 0.5) is 13.2 Å². The summed E-state index contributed by atoms with van der Waals surface area (Å²) in [7, 11) is 0. The number of H-pyrrole nitrogens is 1. The van der Waals surface area contributed by atoms with E-state index in [1.165, 1.54) is 12.8 Å². The van der Waals surface area contributed by atoms with Gasteiger partial charge in [-0.3, -0.25) is 9.69 Å². The van der Waals surface area contributed by atoms with Crippen LogP contribution in [0.3, 0.4) is 0 Å². The fraction of sp³-hybridized carbons (Fsp3) is 0.667. The minimum absolute atomic E-state index is 0.0964. The van der Waals surface area contributed by atoms with Crippen LogP contribution in [0.2, 0.25) is 0 Å². The maximum atomic E-state index is 12.7. The number of aromatic nitrogens is 2. The molecule has 0 aromatic carbocycles. The number of nitrogens with zero attached hydrogens (tertiary/aromatic N) is 2. The van der Waals surface area contributed by atoms with E-state index in [9.17, 15) is 18.0 Å². The van der Waals surface area contributed by atoms with Gasteiger partial charge in [-0.25, -0.2) is 4.98 Å². The molecule has 1 saturated carbocycles. The molecule has 1 aliphatic carbocycles. The Labute approximate surface area is 113 Å². The maximum Gasteiger partial charge on any atom is 0.433 e. The van der Waals surface area contributed by atoms with Crippen LogP contribution in [0, 0.1) is 0 Å². The van der Waals surface area contributed by atoms with Crippen LogP contribution in [0.15, 0.2) is 6.33 Å². The molecule has 1 aromatic heterocycles. The number of carbonyl (C=O) groups excluding carboxylic acids is 1. The summed E-state index contributed by atoms with van der Waals surface area (Å²) < 4.78 is 38.0. The second-order valence-electron chi connectivity index (χ2n) is 5.31. The van der Waals surface area contributed by atoms with Gasteiger partial charge in [0.25, 0.3) is 5.91 Å². The molecule has 2 N–H and O–H groups in total. The van der Waals surface area contributed by atoms with Crippen molar-refractivity contribution in [3.63, 3.8) is 0 Å². The lowest BCUT2D eigenvalue weighted by atomic mass is 10.2. The molecule has 3 rings (SSSR count). The van der Waals surface area contributed by atoms with Crippen molar-refractivity contribution in [1.82, 2.24) is 20.2 Å². The minimum atomic E-state index is -4.60. The van der Waals surface area contributed by atoms with E-state index in [0.717, 1.165) is 19.3 Å². The molecule has 0 radical (unpaired) electrons. The molecule has 2 aliphatic rings. The summed E-state index contributed by atoms with van der Waals surface area (Å²) in [6.45, 7) is 1.60. The maximum absolute atomic E-state index is 12.7. The lowest BCUT2D eigenvalue weighted by molar-refractivity contribution is -0.141. The highest BCUT2D eigenvalue weighted by Gasteiger charge is 2.39. The SMILES string of the molecule is O=C(NC1CCN(C2CC2)C1)c1nc[nH]c1C(F)(F)F. The zero-order valence-electron chi connectivity index (χ0n) is 10.7. The van der Waals surface area contributed by atoms with Crippen molar-refractivity contribution in [3.8, 4) is 0 Å². The van der Waals surface area contributed by atoms with Crippen molar-refractivity contribution in [2.24, 2.45) is 0 Å². The Morgan fingerprint density at radius 3 is 2.80 bits per heavy atom. The van der Waals surface area contributed by atoms with Gasteiger partial charge in [0.05, 0.1) is 6.33 Å². The Hall–Kier alpha value is -1.57. The highest BCUT2D eigenvalue weighted by Crippen LogP contribution is 2.31. The first-order valence-corrected chi connectivity index (χ1v) is 6.60. The zero-order chi connectivity index (χ0) is 14.3. The predicted octanol–water partition coefficient (Wildman–Crippen LogP) is 1.39. The molecule has 1 amide bonds. The number of nitrogens with one attached hydrogen (secondary N) is 2. The first kappa shape index (κ1) is 13.4. The van der Waals surface area contributed by atoms with Gasteiger partial charge in [-0.1, -0.05) is 0 Å². The topological polar surface area (TPSA) is 61.0 Å². The predicted molar refractivity (Wildman–Crippen MR) is 64.1 cm³/mol. The molecular weight excluding hydrogens is 273 g/mol. The number of hydrogen-bond donors (Lipinski definition) is 2. The molecule has 8 heteroatoms. The minimum Gasteiger partial charge on any atom is -0.347 e. The van der Waals surface area contributed by atoms with Crippen LogP contribution >= 0.6 is 0 Å². The van der Waals surface area contributed by atoms with Crippen molar-refractivity contribution in [1.29, 1.82) is 0 Å². The lowest BCUT2D eigenvalue weighted by Crippen LogP contribution is -2.38. The summed E-state index contributed by atoms with van der Waals surface area (Å²) in [5, 5.41) is 2.64. The van der Waals surface area contributed by atoms with E-state index in [0.29, 0.717) is 12.6 Å². The van der Waals surface area contributed by atoms with Crippen LogP contribution in [0.1, 0.15) is 35.4 Å². The van der Waals surface area contributed by atoms with Gasteiger partial charge in [-0.2, -0.15) is 13.2 Å². The fourth-order valence-electron chi connectivity index (χ4n) is 2.61. The van der Waals surface area contributed by atoms with Crippen molar-refractivity contribution in [2.75, 3.05) is 13.1 Å². The molecule has 20 heavy (non-hydrogen) atoms. The molecule has 1 aliphatic heterocycles. The first-order chi connectivity index (χ1) is 9.45. The summed E-state index contributed by atoms with van der Waals surface area (Å²) in [6, 6.07) is 0.508. The Balaban J connectivity index is 1.63. The molecule has 110 valence electrons. The summed E-state index contributed by atoms with van der Waals surface area (Å²) in [5.41, 5.74) is -1.67. The van der Waals surface area contributed by atoms with Crippen molar-refractivity contribution in [2.45, 2.75) is 37.5 Å². The summed E-state index contributed by atoms with van der Waals surface area (Å²) in [4.78, 5) is 19.7. The normalized spacial score (nSPS) is 24.1. The molecule has 2 heterocycles. The van der Waals surface area contributed by atoms with Crippen molar-refractivity contribution < 1.29 is 18.0 Å². The first-order valence-electron chi connectivity index (χ1n) is 6.60. The van der Waals surface area contributed by atoms with Gasteiger partial charge in [0.15, 0.2) is 11.4 Å². The second kappa shape index (κ2) is 4.76. The standard InChI is InChI=1S/C12H15F3N4O/c13-12(14,15)10-9(16-6-17-10)11(20)18-7-3-4-19(5-7)8-1-2-8/h6-8H,1-5H2,(H,16,17)(H,18,20). The molecule has 0 spiro atoms. The fourth-order valence-corrected chi connectivity index (χ4v) is 2.61. The van der Waals surface area contributed by atoms with Crippen LogP contribution < -0.4 is 5.32 Å². The van der Waals surface area contributed by atoms with E-state index in [1.54, 1.807) is 0 Å². The van der Waals surface area contributed by atoms with Gasteiger partial charge >= 0.3 is 6.18 Å². The average Bonchev–Trinajstić information content (AvgIpc) is 2.91. The van der Waals surface area contributed by atoms with Gasteiger partial charge in [-0.05, 0) is 19.3 Å². The smallest absolute Gasteiger partial charge is 0.347 e. The zero-order valence-corrected chi connectivity index (χ0v) is 10.7. The van der Waals surface area contributed by atoms with E-state index in [2.05, 4.69) is 15.2 Å². The average molecular weight is 288 g/mol. The summed E-state index contributed by atoms with van der Waals surface area (Å²) in [5.74, 6) is -0.763.